The highest BCUT2D eigenvalue weighted by Crippen LogP contribution is 2.30. The van der Waals surface area contributed by atoms with E-state index in [4.69, 9.17) is 21.7 Å². The van der Waals surface area contributed by atoms with Gasteiger partial charge in [0.25, 0.3) is 0 Å². The Bertz CT molecular complexity index is 689. The van der Waals surface area contributed by atoms with Crippen LogP contribution in [0.2, 0.25) is 0 Å². The standard InChI is InChI=1S/C16H25N3O4S2/c1-22-11-5-8-17-16(24)18-14-12-13(6-7-15(14)23-2)25(20,21)19-9-3-4-10-19/h6-7,12H,3-5,8-11H2,1-2H3,(H2,17,18,24). The van der Waals surface area contributed by atoms with Gasteiger partial charge < -0.3 is 20.1 Å². The van der Waals surface area contributed by atoms with Gasteiger partial charge in [0.15, 0.2) is 5.11 Å². The number of hydrogen-bond acceptors (Lipinski definition) is 5. The molecule has 25 heavy (non-hydrogen) atoms. The predicted octanol–water partition coefficient (Wildman–Crippen LogP) is 1.80. The second kappa shape index (κ2) is 9.33. The molecule has 1 fully saturated rings. The lowest BCUT2D eigenvalue weighted by atomic mass is 10.3. The molecule has 0 aliphatic carbocycles. The van der Waals surface area contributed by atoms with E-state index in [0.29, 0.717) is 42.8 Å². The van der Waals surface area contributed by atoms with Gasteiger partial charge in [-0.2, -0.15) is 4.31 Å². The average molecular weight is 388 g/mol. The summed E-state index contributed by atoms with van der Waals surface area (Å²) in [6, 6.07) is 4.77. The molecule has 140 valence electrons. The number of nitrogens with zero attached hydrogens (tertiary/aromatic N) is 1. The van der Waals surface area contributed by atoms with Gasteiger partial charge in [-0.05, 0) is 49.7 Å². The van der Waals surface area contributed by atoms with Crippen molar-refractivity contribution >= 4 is 33.0 Å². The molecule has 0 aromatic heterocycles. The summed E-state index contributed by atoms with van der Waals surface area (Å²) in [7, 11) is -0.310. The molecule has 0 spiro atoms. The second-order valence-electron chi connectivity index (χ2n) is 5.70. The number of benzene rings is 1. The molecule has 1 aromatic carbocycles. The molecule has 2 rings (SSSR count). The highest BCUT2D eigenvalue weighted by molar-refractivity contribution is 7.89. The number of nitrogens with one attached hydrogen (secondary N) is 2. The van der Waals surface area contributed by atoms with Crippen molar-refractivity contribution < 1.29 is 17.9 Å². The Hall–Kier alpha value is -1.42. The van der Waals surface area contributed by atoms with E-state index in [1.807, 2.05) is 0 Å². The van der Waals surface area contributed by atoms with Crippen LogP contribution in [0.4, 0.5) is 5.69 Å². The number of sulfonamides is 1. The minimum atomic E-state index is -3.49. The Balaban J connectivity index is 2.12. The van der Waals surface area contributed by atoms with Gasteiger partial charge in [-0.1, -0.05) is 0 Å². The van der Waals surface area contributed by atoms with Crippen LogP contribution in [0.15, 0.2) is 23.1 Å². The van der Waals surface area contributed by atoms with Gasteiger partial charge in [0.05, 0.1) is 17.7 Å². The number of methoxy groups -OCH3 is 2. The number of thiocarbonyl (C=S) groups is 1. The molecule has 0 unspecified atom stereocenters. The van der Waals surface area contributed by atoms with Crippen LogP contribution in [-0.4, -0.2) is 58.3 Å². The third kappa shape index (κ3) is 5.27. The van der Waals surface area contributed by atoms with Gasteiger partial charge in [-0.3, -0.25) is 0 Å². The SMILES string of the molecule is COCCCNC(=S)Nc1cc(S(=O)(=O)N2CCCC2)ccc1OC. The first-order valence-electron chi connectivity index (χ1n) is 8.21. The molecule has 0 bridgehead atoms. The first-order chi connectivity index (χ1) is 12.0. The van der Waals surface area contributed by atoms with Crippen molar-refractivity contribution in [2.75, 3.05) is 45.8 Å². The Morgan fingerprint density at radius 1 is 1.28 bits per heavy atom. The predicted molar refractivity (Wildman–Crippen MR) is 102 cm³/mol. The zero-order chi connectivity index (χ0) is 18.3. The van der Waals surface area contributed by atoms with Crippen molar-refractivity contribution in [1.29, 1.82) is 0 Å². The third-order valence-corrected chi connectivity index (χ3v) is 6.07. The van der Waals surface area contributed by atoms with E-state index in [9.17, 15) is 8.42 Å². The monoisotopic (exact) mass is 387 g/mol. The molecule has 1 aliphatic heterocycles. The van der Waals surface area contributed by atoms with Crippen molar-refractivity contribution in [3.8, 4) is 5.75 Å². The largest absolute Gasteiger partial charge is 0.495 e. The maximum Gasteiger partial charge on any atom is 0.243 e. The van der Waals surface area contributed by atoms with Gasteiger partial charge in [-0.15, -0.1) is 0 Å². The molecule has 7 nitrogen and oxygen atoms in total. The minimum absolute atomic E-state index is 0.236. The topological polar surface area (TPSA) is 79.9 Å². The van der Waals surface area contributed by atoms with Gasteiger partial charge >= 0.3 is 0 Å². The van der Waals surface area contributed by atoms with E-state index < -0.39 is 10.0 Å². The Labute approximate surface area is 154 Å². The normalized spacial score (nSPS) is 15.1. The van der Waals surface area contributed by atoms with E-state index in [2.05, 4.69) is 10.6 Å². The summed E-state index contributed by atoms with van der Waals surface area (Å²) in [4.78, 5) is 0.236. The highest BCUT2D eigenvalue weighted by atomic mass is 32.2. The van der Waals surface area contributed by atoms with Gasteiger partial charge in [0.1, 0.15) is 5.75 Å². The Morgan fingerprint density at radius 2 is 2.00 bits per heavy atom. The molecule has 1 saturated heterocycles. The fourth-order valence-corrected chi connectivity index (χ4v) is 4.36. The van der Waals surface area contributed by atoms with Crippen molar-refractivity contribution in [2.45, 2.75) is 24.2 Å². The molecule has 0 amide bonds. The smallest absolute Gasteiger partial charge is 0.243 e. The molecule has 0 saturated carbocycles. The minimum Gasteiger partial charge on any atom is -0.495 e. The van der Waals surface area contributed by atoms with Crippen LogP contribution in [0.1, 0.15) is 19.3 Å². The average Bonchev–Trinajstić information content (AvgIpc) is 3.14. The van der Waals surface area contributed by atoms with E-state index in [1.54, 1.807) is 25.3 Å². The molecule has 2 N–H and O–H groups in total. The van der Waals surface area contributed by atoms with Crippen LogP contribution in [0.25, 0.3) is 0 Å². The first kappa shape index (κ1) is 19.9. The fraction of sp³-hybridized carbons (Fsp3) is 0.562. The quantitative estimate of drug-likeness (QED) is 0.520. The molecule has 1 aliphatic rings. The Morgan fingerprint density at radius 3 is 2.64 bits per heavy atom. The van der Waals surface area contributed by atoms with Crippen molar-refractivity contribution in [3.05, 3.63) is 18.2 Å². The zero-order valence-corrected chi connectivity index (χ0v) is 16.2. The lowest BCUT2D eigenvalue weighted by molar-refractivity contribution is 0.196. The summed E-state index contributed by atoms with van der Waals surface area (Å²) < 4.78 is 37.2. The van der Waals surface area contributed by atoms with Crippen LogP contribution in [0.5, 0.6) is 5.75 Å². The van der Waals surface area contributed by atoms with Crippen LogP contribution in [0.3, 0.4) is 0 Å². The summed E-state index contributed by atoms with van der Waals surface area (Å²) in [6.07, 6.45) is 2.62. The van der Waals surface area contributed by atoms with Crippen LogP contribution >= 0.6 is 12.2 Å². The van der Waals surface area contributed by atoms with Crippen LogP contribution in [0, 0.1) is 0 Å². The van der Waals surface area contributed by atoms with Crippen molar-refractivity contribution in [3.63, 3.8) is 0 Å². The maximum absolute atomic E-state index is 12.7. The molecular formula is C16H25N3O4S2. The number of rotatable bonds is 8. The molecule has 1 aromatic rings. The maximum atomic E-state index is 12.7. The van der Waals surface area contributed by atoms with E-state index in [0.717, 1.165) is 19.3 Å². The summed E-state index contributed by atoms with van der Waals surface area (Å²) in [5, 5.41) is 6.48. The van der Waals surface area contributed by atoms with E-state index >= 15 is 0 Å². The fourth-order valence-electron chi connectivity index (χ4n) is 2.61. The number of ether oxygens (including phenoxy) is 2. The second-order valence-corrected chi connectivity index (χ2v) is 8.05. The first-order valence-corrected chi connectivity index (χ1v) is 10.1. The third-order valence-electron chi connectivity index (χ3n) is 3.93. The van der Waals surface area contributed by atoms with Gasteiger partial charge in [-0.25, -0.2) is 8.42 Å². The molecular weight excluding hydrogens is 362 g/mol. The molecule has 1 heterocycles. The van der Waals surface area contributed by atoms with Gasteiger partial charge in [0, 0.05) is 33.4 Å². The molecule has 9 heteroatoms. The Kier molecular flexibility index (Phi) is 7.42. The summed E-state index contributed by atoms with van der Waals surface area (Å²) in [6.45, 7) is 2.43. The summed E-state index contributed by atoms with van der Waals surface area (Å²) >= 11 is 5.26. The van der Waals surface area contributed by atoms with Crippen LogP contribution < -0.4 is 15.4 Å². The molecule has 0 atom stereocenters. The lowest BCUT2D eigenvalue weighted by Crippen LogP contribution is -2.30. The van der Waals surface area contributed by atoms with Gasteiger partial charge in [0.2, 0.25) is 10.0 Å². The summed E-state index contributed by atoms with van der Waals surface area (Å²) in [5.74, 6) is 0.529. The van der Waals surface area contributed by atoms with E-state index in [1.165, 1.54) is 11.4 Å². The van der Waals surface area contributed by atoms with Crippen molar-refractivity contribution in [2.24, 2.45) is 0 Å². The highest BCUT2D eigenvalue weighted by Gasteiger charge is 2.27. The number of anilines is 1. The van der Waals surface area contributed by atoms with Crippen molar-refractivity contribution in [1.82, 2.24) is 9.62 Å². The van der Waals surface area contributed by atoms with E-state index in [-0.39, 0.29) is 4.90 Å². The molecule has 0 radical (unpaired) electrons. The lowest BCUT2D eigenvalue weighted by Gasteiger charge is -2.18. The zero-order valence-electron chi connectivity index (χ0n) is 14.6. The summed E-state index contributed by atoms with van der Waals surface area (Å²) in [5.41, 5.74) is 0.520. The van der Waals surface area contributed by atoms with Crippen LogP contribution in [-0.2, 0) is 14.8 Å². The number of hydrogen-bond donors (Lipinski definition) is 2.